The van der Waals surface area contributed by atoms with Gasteiger partial charge in [-0.1, -0.05) is 39.0 Å². The van der Waals surface area contributed by atoms with E-state index in [1.54, 1.807) is 0 Å². The molecule has 2 saturated carbocycles. The predicted octanol–water partition coefficient (Wildman–Crippen LogP) is 3.33. The normalized spacial score (nSPS) is 27.9. The Bertz CT molecular complexity index is 319. The highest BCUT2D eigenvalue weighted by Crippen LogP contribution is 2.42. The van der Waals surface area contributed by atoms with Gasteiger partial charge in [-0.15, -0.1) is 0 Å². The first-order valence-electron chi connectivity index (χ1n) is 9.37. The summed E-state index contributed by atoms with van der Waals surface area (Å²) < 4.78 is 5.87. The van der Waals surface area contributed by atoms with E-state index >= 15 is 0 Å². The molecule has 3 nitrogen and oxygen atoms in total. The summed E-state index contributed by atoms with van der Waals surface area (Å²) in [5, 5.41) is 3.99. The molecule has 0 aromatic carbocycles. The van der Waals surface area contributed by atoms with Crippen molar-refractivity contribution in [1.29, 1.82) is 0 Å². The molecule has 3 rings (SSSR count). The zero-order valence-corrected chi connectivity index (χ0v) is 14.0. The lowest BCUT2D eigenvalue weighted by Gasteiger charge is -2.52. The molecule has 1 saturated heterocycles. The van der Waals surface area contributed by atoms with Gasteiger partial charge in [0, 0.05) is 37.3 Å². The van der Waals surface area contributed by atoms with Crippen LogP contribution in [0.4, 0.5) is 0 Å². The maximum absolute atomic E-state index is 5.87. The van der Waals surface area contributed by atoms with Crippen LogP contribution in [0.2, 0.25) is 0 Å². The first kappa shape index (κ1) is 15.8. The Morgan fingerprint density at radius 2 is 1.71 bits per heavy atom. The van der Waals surface area contributed by atoms with Crippen molar-refractivity contribution >= 4 is 0 Å². The Kier molecular flexibility index (Phi) is 5.23. The fourth-order valence-electron chi connectivity index (χ4n) is 4.81. The van der Waals surface area contributed by atoms with Crippen molar-refractivity contribution in [1.82, 2.24) is 10.2 Å². The highest BCUT2D eigenvalue weighted by molar-refractivity contribution is 5.08. The topological polar surface area (TPSA) is 24.5 Å². The summed E-state index contributed by atoms with van der Waals surface area (Å²) in [5.41, 5.74) is 0.902. The monoisotopic (exact) mass is 294 g/mol. The Hall–Kier alpha value is -0.120. The van der Waals surface area contributed by atoms with Crippen LogP contribution in [-0.4, -0.2) is 48.8 Å². The van der Waals surface area contributed by atoms with Gasteiger partial charge in [0.05, 0.1) is 6.61 Å². The summed E-state index contributed by atoms with van der Waals surface area (Å²) in [4.78, 5) is 2.83. The Morgan fingerprint density at radius 3 is 2.43 bits per heavy atom. The van der Waals surface area contributed by atoms with Gasteiger partial charge in [0.15, 0.2) is 0 Å². The molecule has 3 fully saturated rings. The summed E-state index contributed by atoms with van der Waals surface area (Å²) in [7, 11) is 0. The molecule has 2 spiro atoms. The molecule has 0 aromatic heterocycles. The van der Waals surface area contributed by atoms with Gasteiger partial charge in [-0.05, 0) is 32.1 Å². The number of piperazine rings is 1. The van der Waals surface area contributed by atoms with Crippen molar-refractivity contribution < 1.29 is 4.74 Å². The van der Waals surface area contributed by atoms with E-state index < -0.39 is 0 Å². The molecule has 0 radical (unpaired) electrons. The second-order valence-corrected chi connectivity index (χ2v) is 7.66. The molecule has 1 N–H and O–H groups in total. The molecule has 0 unspecified atom stereocenters. The molecule has 0 atom stereocenters. The number of nitrogens with one attached hydrogen (secondary N) is 1. The molecular weight excluding hydrogens is 260 g/mol. The first-order chi connectivity index (χ1) is 10.3. The number of hydrogen-bond donors (Lipinski definition) is 1. The van der Waals surface area contributed by atoms with Crippen molar-refractivity contribution in [2.75, 3.05) is 32.8 Å². The minimum Gasteiger partial charge on any atom is -0.380 e. The number of ether oxygens (including phenoxy) is 1. The summed E-state index contributed by atoms with van der Waals surface area (Å²) in [6, 6.07) is 0. The van der Waals surface area contributed by atoms with Gasteiger partial charge in [-0.2, -0.15) is 0 Å². The van der Waals surface area contributed by atoms with Crippen LogP contribution >= 0.6 is 0 Å². The van der Waals surface area contributed by atoms with Gasteiger partial charge in [-0.3, -0.25) is 4.90 Å². The maximum Gasteiger partial charge on any atom is 0.0593 e. The minimum absolute atomic E-state index is 0.442. The predicted molar refractivity (Wildman–Crippen MR) is 87.7 cm³/mol. The number of rotatable bonds is 6. The fraction of sp³-hybridized carbons (Fsp3) is 1.00. The lowest BCUT2D eigenvalue weighted by Crippen LogP contribution is -2.68. The van der Waals surface area contributed by atoms with E-state index in [2.05, 4.69) is 17.1 Å². The summed E-state index contributed by atoms with van der Waals surface area (Å²) >= 11 is 0. The molecule has 0 amide bonds. The third-order valence-electron chi connectivity index (χ3n) is 6.20. The van der Waals surface area contributed by atoms with Crippen LogP contribution in [0.25, 0.3) is 0 Å². The van der Waals surface area contributed by atoms with E-state index in [1.165, 1.54) is 77.3 Å². The highest BCUT2D eigenvalue weighted by atomic mass is 16.5. The van der Waals surface area contributed by atoms with E-state index in [4.69, 9.17) is 4.74 Å². The fourth-order valence-corrected chi connectivity index (χ4v) is 4.81. The van der Waals surface area contributed by atoms with Crippen LogP contribution in [0.1, 0.15) is 71.1 Å². The first-order valence-corrected chi connectivity index (χ1v) is 9.37. The lowest BCUT2D eigenvalue weighted by molar-refractivity contribution is -0.0121. The molecule has 2 aliphatic carbocycles. The summed E-state index contributed by atoms with van der Waals surface area (Å²) in [6.07, 6.45) is 13.7. The van der Waals surface area contributed by atoms with Crippen LogP contribution in [0.5, 0.6) is 0 Å². The SMILES string of the molecule is CCCCOCCN1CC2(CCCC2)NCC12CCCC2. The molecule has 21 heavy (non-hydrogen) atoms. The molecule has 1 heterocycles. The lowest BCUT2D eigenvalue weighted by atomic mass is 9.84. The maximum atomic E-state index is 5.87. The minimum atomic E-state index is 0.442. The third-order valence-corrected chi connectivity index (χ3v) is 6.20. The summed E-state index contributed by atoms with van der Waals surface area (Å²) in [5.74, 6) is 0. The van der Waals surface area contributed by atoms with Crippen molar-refractivity contribution in [3.05, 3.63) is 0 Å². The van der Waals surface area contributed by atoms with E-state index in [-0.39, 0.29) is 0 Å². The van der Waals surface area contributed by atoms with Crippen molar-refractivity contribution in [2.45, 2.75) is 82.2 Å². The number of hydrogen-bond acceptors (Lipinski definition) is 3. The second kappa shape index (κ2) is 6.97. The highest BCUT2D eigenvalue weighted by Gasteiger charge is 2.49. The summed E-state index contributed by atoms with van der Waals surface area (Å²) in [6.45, 7) is 7.74. The molecular formula is C18H34N2O. The molecule has 0 bridgehead atoms. The number of nitrogens with zero attached hydrogens (tertiary/aromatic N) is 1. The van der Waals surface area contributed by atoms with Gasteiger partial charge in [0.1, 0.15) is 0 Å². The van der Waals surface area contributed by atoms with Crippen molar-refractivity contribution in [3.63, 3.8) is 0 Å². The Balaban J connectivity index is 1.57. The van der Waals surface area contributed by atoms with Crippen LogP contribution < -0.4 is 5.32 Å². The molecule has 3 heteroatoms. The van der Waals surface area contributed by atoms with Gasteiger partial charge in [0.25, 0.3) is 0 Å². The Morgan fingerprint density at radius 1 is 1.00 bits per heavy atom. The van der Waals surface area contributed by atoms with Crippen molar-refractivity contribution in [2.24, 2.45) is 0 Å². The average molecular weight is 294 g/mol. The number of unbranched alkanes of at least 4 members (excludes halogenated alkanes) is 1. The Labute approximate surface area is 130 Å². The third kappa shape index (κ3) is 3.46. The van der Waals surface area contributed by atoms with E-state index in [0.29, 0.717) is 11.1 Å². The molecule has 0 aromatic rings. The quantitative estimate of drug-likeness (QED) is 0.761. The van der Waals surface area contributed by atoms with E-state index in [0.717, 1.165) is 19.8 Å². The van der Waals surface area contributed by atoms with Gasteiger partial charge < -0.3 is 10.1 Å². The van der Waals surface area contributed by atoms with E-state index in [9.17, 15) is 0 Å². The molecule has 122 valence electrons. The van der Waals surface area contributed by atoms with Crippen LogP contribution in [0.15, 0.2) is 0 Å². The average Bonchev–Trinajstić information content (AvgIpc) is 3.13. The zero-order chi connectivity index (χ0) is 14.6. The van der Waals surface area contributed by atoms with Crippen LogP contribution in [0, 0.1) is 0 Å². The smallest absolute Gasteiger partial charge is 0.0593 e. The van der Waals surface area contributed by atoms with Gasteiger partial charge >= 0.3 is 0 Å². The zero-order valence-electron chi connectivity index (χ0n) is 14.0. The van der Waals surface area contributed by atoms with Crippen LogP contribution in [-0.2, 0) is 4.74 Å². The van der Waals surface area contributed by atoms with E-state index in [1.807, 2.05) is 0 Å². The largest absolute Gasteiger partial charge is 0.380 e. The molecule has 3 aliphatic rings. The molecule has 1 aliphatic heterocycles. The van der Waals surface area contributed by atoms with Gasteiger partial charge in [-0.25, -0.2) is 0 Å². The van der Waals surface area contributed by atoms with Crippen LogP contribution in [0.3, 0.4) is 0 Å². The van der Waals surface area contributed by atoms with Crippen molar-refractivity contribution in [3.8, 4) is 0 Å². The standard InChI is InChI=1S/C18H34N2O/c1-2-3-13-21-14-12-20-16-17(8-4-5-9-17)19-15-18(20)10-6-7-11-18/h19H,2-16H2,1H3. The second-order valence-electron chi connectivity index (χ2n) is 7.66. The van der Waals surface area contributed by atoms with Gasteiger partial charge in [0.2, 0.25) is 0 Å².